The average molecular weight is 177 g/mol. The molecule has 0 radical (unpaired) electrons. The highest BCUT2D eigenvalue weighted by atomic mass is 19.1. The monoisotopic (exact) mass is 177 g/mol. The van der Waals surface area contributed by atoms with Gasteiger partial charge in [0.15, 0.2) is 0 Å². The highest BCUT2D eigenvalue weighted by molar-refractivity contribution is 5.84. The number of para-hydroxylation sites is 1. The average Bonchev–Trinajstić information content (AvgIpc) is 2.45. The lowest BCUT2D eigenvalue weighted by molar-refractivity contribution is 0.626. The molecule has 0 fully saturated rings. The molecule has 0 atom stereocenters. The fraction of sp³-hybridized carbons (Fsp3) is 0.273. The number of aromatic nitrogens is 1. The first-order chi connectivity index (χ1) is 6.24. The first-order valence-electron chi connectivity index (χ1n) is 4.48. The maximum atomic E-state index is 13.4. The Labute approximate surface area is 76.8 Å². The predicted molar refractivity (Wildman–Crippen MR) is 52.3 cm³/mol. The van der Waals surface area contributed by atoms with Crippen LogP contribution in [-0.2, 0) is 6.54 Å². The first kappa shape index (κ1) is 8.30. The van der Waals surface area contributed by atoms with Crippen LogP contribution in [0.25, 0.3) is 10.9 Å². The van der Waals surface area contributed by atoms with Gasteiger partial charge in [0, 0.05) is 18.1 Å². The normalized spacial score (nSPS) is 11.0. The second kappa shape index (κ2) is 2.87. The number of hydrogen-bond acceptors (Lipinski definition) is 0. The minimum Gasteiger partial charge on any atom is -0.345 e. The zero-order valence-electron chi connectivity index (χ0n) is 7.84. The van der Waals surface area contributed by atoms with E-state index >= 15 is 0 Å². The molecule has 1 heterocycles. The van der Waals surface area contributed by atoms with Gasteiger partial charge in [-0.15, -0.1) is 0 Å². The number of halogens is 1. The van der Waals surface area contributed by atoms with Gasteiger partial charge in [-0.2, -0.15) is 0 Å². The molecule has 0 bridgehead atoms. The van der Waals surface area contributed by atoms with Gasteiger partial charge in [0.1, 0.15) is 5.82 Å². The van der Waals surface area contributed by atoms with E-state index < -0.39 is 0 Å². The van der Waals surface area contributed by atoms with Crippen molar-refractivity contribution in [2.24, 2.45) is 0 Å². The summed E-state index contributed by atoms with van der Waals surface area (Å²) in [7, 11) is 0. The van der Waals surface area contributed by atoms with E-state index in [0.29, 0.717) is 0 Å². The van der Waals surface area contributed by atoms with Crippen LogP contribution in [-0.4, -0.2) is 4.57 Å². The maximum absolute atomic E-state index is 13.4. The van der Waals surface area contributed by atoms with Crippen LogP contribution < -0.4 is 0 Å². The molecule has 0 aliphatic rings. The van der Waals surface area contributed by atoms with Crippen molar-refractivity contribution in [3.05, 3.63) is 35.8 Å². The summed E-state index contributed by atoms with van der Waals surface area (Å²) in [6.07, 6.45) is 1.99. The summed E-state index contributed by atoms with van der Waals surface area (Å²) in [6.45, 7) is 4.84. The standard InChI is InChI=1S/C11H12FN/c1-3-13-7-8(2)9-5-4-6-10(12)11(9)13/h4-7H,3H2,1-2H3. The van der Waals surface area contributed by atoms with E-state index in [0.717, 1.165) is 23.0 Å². The van der Waals surface area contributed by atoms with Crippen molar-refractivity contribution in [1.29, 1.82) is 0 Å². The van der Waals surface area contributed by atoms with Crippen molar-refractivity contribution < 1.29 is 4.39 Å². The third kappa shape index (κ3) is 1.13. The van der Waals surface area contributed by atoms with Crippen molar-refractivity contribution in [3.8, 4) is 0 Å². The lowest BCUT2D eigenvalue weighted by Gasteiger charge is -2.00. The van der Waals surface area contributed by atoms with Gasteiger partial charge in [-0.25, -0.2) is 4.39 Å². The lowest BCUT2D eigenvalue weighted by atomic mass is 10.2. The second-order valence-corrected chi connectivity index (χ2v) is 3.23. The van der Waals surface area contributed by atoms with Crippen LogP contribution in [0.1, 0.15) is 12.5 Å². The highest BCUT2D eigenvalue weighted by Crippen LogP contribution is 2.22. The van der Waals surface area contributed by atoms with Crippen molar-refractivity contribution >= 4 is 10.9 Å². The molecule has 2 aromatic rings. The molecule has 0 saturated heterocycles. The summed E-state index contributed by atoms with van der Waals surface area (Å²) in [4.78, 5) is 0. The van der Waals surface area contributed by atoms with E-state index in [1.54, 1.807) is 6.07 Å². The number of nitrogens with zero attached hydrogens (tertiary/aromatic N) is 1. The summed E-state index contributed by atoms with van der Waals surface area (Å²) < 4.78 is 15.4. The van der Waals surface area contributed by atoms with Gasteiger partial charge in [0.05, 0.1) is 5.52 Å². The van der Waals surface area contributed by atoms with E-state index in [-0.39, 0.29) is 5.82 Å². The van der Waals surface area contributed by atoms with Crippen LogP contribution in [0.2, 0.25) is 0 Å². The Morgan fingerprint density at radius 1 is 1.38 bits per heavy atom. The van der Waals surface area contributed by atoms with Crippen molar-refractivity contribution in [1.82, 2.24) is 4.57 Å². The fourth-order valence-electron chi connectivity index (χ4n) is 1.74. The zero-order chi connectivity index (χ0) is 9.42. The zero-order valence-corrected chi connectivity index (χ0v) is 7.84. The van der Waals surface area contributed by atoms with Crippen LogP contribution in [0.4, 0.5) is 4.39 Å². The van der Waals surface area contributed by atoms with E-state index in [1.165, 1.54) is 6.07 Å². The van der Waals surface area contributed by atoms with E-state index in [2.05, 4.69) is 0 Å². The summed E-state index contributed by atoms with van der Waals surface area (Å²) in [6, 6.07) is 5.22. The summed E-state index contributed by atoms with van der Waals surface area (Å²) in [5, 5.41) is 1.02. The number of fused-ring (bicyclic) bond motifs is 1. The molecule has 0 aliphatic carbocycles. The van der Waals surface area contributed by atoms with Crippen LogP contribution in [0.3, 0.4) is 0 Å². The van der Waals surface area contributed by atoms with Crippen molar-refractivity contribution in [2.75, 3.05) is 0 Å². The van der Waals surface area contributed by atoms with Crippen LogP contribution >= 0.6 is 0 Å². The SMILES string of the molecule is CCn1cc(C)c2cccc(F)c21. The molecular weight excluding hydrogens is 165 g/mol. The van der Waals surface area contributed by atoms with Crippen LogP contribution in [0.15, 0.2) is 24.4 Å². The van der Waals surface area contributed by atoms with E-state index in [1.807, 2.05) is 30.7 Å². The number of rotatable bonds is 1. The predicted octanol–water partition coefficient (Wildman–Crippen LogP) is 3.11. The Morgan fingerprint density at radius 3 is 2.85 bits per heavy atom. The Bertz CT molecular complexity index is 443. The van der Waals surface area contributed by atoms with Crippen molar-refractivity contribution in [2.45, 2.75) is 20.4 Å². The molecule has 0 spiro atoms. The Balaban J connectivity index is 2.89. The molecule has 0 aliphatic heterocycles. The molecule has 0 saturated carbocycles. The van der Waals surface area contributed by atoms with Crippen LogP contribution in [0.5, 0.6) is 0 Å². The molecule has 0 amide bonds. The molecule has 2 rings (SSSR count). The van der Waals surface area contributed by atoms with Gasteiger partial charge >= 0.3 is 0 Å². The van der Waals surface area contributed by atoms with E-state index in [9.17, 15) is 4.39 Å². The summed E-state index contributed by atoms with van der Waals surface area (Å²) in [5.41, 5.74) is 1.86. The molecule has 13 heavy (non-hydrogen) atoms. The Kier molecular flexibility index (Phi) is 1.83. The molecule has 68 valence electrons. The molecule has 1 aromatic heterocycles. The highest BCUT2D eigenvalue weighted by Gasteiger charge is 2.07. The summed E-state index contributed by atoms with van der Waals surface area (Å²) >= 11 is 0. The number of aryl methyl sites for hydroxylation is 2. The maximum Gasteiger partial charge on any atom is 0.147 e. The third-order valence-corrected chi connectivity index (χ3v) is 2.39. The Hall–Kier alpha value is -1.31. The molecule has 1 aromatic carbocycles. The topological polar surface area (TPSA) is 4.93 Å². The minimum atomic E-state index is -0.132. The second-order valence-electron chi connectivity index (χ2n) is 3.23. The minimum absolute atomic E-state index is 0.132. The number of hydrogen-bond donors (Lipinski definition) is 0. The molecule has 0 N–H and O–H groups in total. The first-order valence-corrected chi connectivity index (χ1v) is 4.48. The molecule has 2 heteroatoms. The molecule has 0 unspecified atom stereocenters. The Morgan fingerprint density at radius 2 is 2.15 bits per heavy atom. The van der Waals surface area contributed by atoms with Gasteiger partial charge in [0.25, 0.3) is 0 Å². The van der Waals surface area contributed by atoms with Gasteiger partial charge < -0.3 is 4.57 Å². The van der Waals surface area contributed by atoms with E-state index in [4.69, 9.17) is 0 Å². The van der Waals surface area contributed by atoms with Gasteiger partial charge in [-0.3, -0.25) is 0 Å². The van der Waals surface area contributed by atoms with Crippen LogP contribution in [0, 0.1) is 12.7 Å². The largest absolute Gasteiger partial charge is 0.345 e. The third-order valence-electron chi connectivity index (χ3n) is 2.39. The lowest BCUT2D eigenvalue weighted by Crippen LogP contribution is -1.92. The quantitative estimate of drug-likeness (QED) is 0.630. The van der Waals surface area contributed by atoms with Gasteiger partial charge in [-0.1, -0.05) is 12.1 Å². The molecule has 1 nitrogen and oxygen atoms in total. The van der Waals surface area contributed by atoms with Gasteiger partial charge in [0.2, 0.25) is 0 Å². The molecular formula is C11H12FN. The smallest absolute Gasteiger partial charge is 0.147 e. The number of benzene rings is 1. The summed E-state index contributed by atoms with van der Waals surface area (Å²) in [5.74, 6) is -0.132. The fourth-order valence-corrected chi connectivity index (χ4v) is 1.74. The van der Waals surface area contributed by atoms with Crippen molar-refractivity contribution in [3.63, 3.8) is 0 Å². The van der Waals surface area contributed by atoms with Gasteiger partial charge in [-0.05, 0) is 25.5 Å².